The molecule has 0 heterocycles. The van der Waals surface area contributed by atoms with E-state index < -0.39 is 20.8 Å². The summed E-state index contributed by atoms with van der Waals surface area (Å²) in [6, 6.07) is 0. The minimum atomic E-state index is -3.39. The van der Waals surface area contributed by atoms with E-state index >= 15 is 0 Å². The molecule has 1 aliphatic rings. The van der Waals surface area contributed by atoms with E-state index in [0.29, 0.717) is 12.8 Å². The molecule has 1 aliphatic carbocycles. The number of hydrogen-bond donors (Lipinski definition) is 2. The summed E-state index contributed by atoms with van der Waals surface area (Å²) in [6.07, 6.45) is 2.34. The van der Waals surface area contributed by atoms with Gasteiger partial charge in [0, 0.05) is 0 Å². The molecule has 0 unspecified atom stereocenters. The zero-order chi connectivity index (χ0) is 9.24. The lowest BCUT2D eigenvalue weighted by molar-refractivity contribution is 0.111. The summed E-state index contributed by atoms with van der Waals surface area (Å²) < 4.78 is 24.4. The van der Waals surface area contributed by atoms with Gasteiger partial charge in [-0.3, -0.25) is 0 Å². The van der Waals surface area contributed by atoms with Gasteiger partial charge in [-0.1, -0.05) is 0 Å². The Kier molecular flexibility index (Phi) is 2.98. The average molecular weight is 214 g/mol. The first-order valence-electron chi connectivity index (χ1n) is 3.72. The van der Waals surface area contributed by atoms with Crippen molar-refractivity contribution in [1.82, 2.24) is 4.72 Å². The number of aliphatic hydroxyl groups excluding tert-OH is 1. The standard InChI is InChI=1S/C6H12ClNO3S/c7-5-12(10,11)8-6(4-9)2-1-3-6/h8-9H,1-5H2. The first kappa shape index (κ1) is 10.2. The molecule has 12 heavy (non-hydrogen) atoms. The molecule has 1 saturated carbocycles. The molecule has 0 aromatic carbocycles. The van der Waals surface area contributed by atoms with Crippen LogP contribution in [0.5, 0.6) is 0 Å². The maximum atomic E-state index is 11.0. The fourth-order valence-electron chi connectivity index (χ4n) is 1.25. The van der Waals surface area contributed by atoms with Gasteiger partial charge in [-0.15, -0.1) is 11.6 Å². The van der Waals surface area contributed by atoms with Crippen molar-refractivity contribution < 1.29 is 13.5 Å². The summed E-state index contributed by atoms with van der Waals surface area (Å²) in [7, 11) is -3.39. The van der Waals surface area contributed by atoms with Gasteiger partial charge in [-0.25, -0.2) is 13.1 Å². The van der Waals surface area contributed by atoms with Crippen molar-refractivity contribution >= 4 is 21.6 Å². The maximum Gasteiger partial charge on any atom is 0.226 e. The lowest BCUT2D eigenvalue weighted by Gasteiger charge is -2.40. The number of halogens is 1. The van der Waals surface area contributed by atoms with Gasteiger partial charge >= 0.3 is 0 Å². The van der Waals surface area contributed by atoms with Crippen molar-refractivity contribution in [2.75, 3.05) is 11.8 Å². The zero-order valence-corrected chi connectivity index (χ0v) is 8.16. The van der Waals surface area contributed by atoms with Crippen molar-refractivity contribution in [3.8, 4) is 0 Å². The Hall–Kier alpha value is 0.160. The summed E-state index contributed by atoms with van der Waals surface area (Å²) in [5.74, 6) is 0. The first-order chi connectivity index (χ1) is 5.54. The second-order valence-corrected chi connectivity index (χ2v) is 5.42. The van der Waals surface area contributed by atoms with Crippen molar-refractivity contribution in [2.24, 2.45) is 0 Å². The predicted molar refractivity (Wildman–Crippen MR) is 46.4 cm³/mol. The molecule has 0 saturated heterocycles. The highest BCUT2D eigenvalue weighted by atomic mass is 35.5. The highest BCUT2D eigenvalue weighted by Crippen LogP contribution is 2.31. The van der Waals surface area contributed by atoms with Gasteiger partial charge in [0.2, 0.25) is 10.0 Å². The van der Waals surface area contributed by atoms with E-state index in [9.17, 15) is 8.42 Å². The van der Waals surface area contributed by atoms with Gasteiger partial charge in [-0.05, 0) is 19.3 Å². The van der Waals surface area contributed by atoms with E-state index in [1.807, 2.05) is 0 Å². The molecule has 6 heteroatoms. The minimum Gasteiger partial charge on any atom is -0.394 e. The second-order valence-electron chi connectivity index (χ2n) is 3.12. The van der Waals surface area contributed by atoms with Gasteiger partial charge in [0.25, 0.3) is 0 Å². The Morgan fingerprint density at radius 1 is 1.50 bits per heavy atom. The SMILES string of the molecule is O=S(=O)(CCl)NC1(CO)CCC1. The first-order valence-corrected chi connectivity index (χ1v) is 5.91. The van der Waals surface area contributed by atoms with Crippen LogP contribution in [-0.4, -0.2) is 30.9 Å². The number of rotatable bonds is 4. The number of hydrogen-bond acceptors (Lipinski definition) is 3. The van der Waals surface area contributed by atoms with Gasteiger partial charge in [0.15, 0.2) is 0 Å². The Labute approximate surface area is 77.0 Å². The van der Waals surface area contributed by atoms with Crippen LogP contribution < -0.4 is 4.72 Å². The van der Waals surface area contributed by atoms with E-state index in [0.717, 1.165) is 6.42 Å². The van der Waals surface area contributed by atoms with Crippen LogP contribution in [0.2, 0.25) is 0 Å². The minimum absolute atomic E-state index is 0.150. The Morgan fingerprint density at radius 3 is 2.33 bits per heavy atom. The summed E-state index contributed by atoms with van der Waals surface area (Å²) in [5.41, 5.74) is -0.617. The fraction of sp³-hybridized carbons (Fsp3) is 1.00. The molecule has 1 fully saturated rings. The quantitative estimate of drug-likeness (QED) is 0.647. The van der Waals surface area contributed by atoms with Crippen LogP contribution in [0, 0.1) is 0 Å². The Morgan fingerprint density at radius 2 is 2.08 bits per heavy atom. The van der Waals surface area contributed by atoms with Crippen LogP contribution >= 0.6 is 11.6 Å². The monoisotopic (exact) mass is 213 g/mol. The zero-order valence-electron chi connectivity index (χ0n) is 6.59. The molecule has 0 aromatic rings. The summed E-state index contributed by atoms with van der Waals surface area (Å²) in [4.78, 5) is 0. The molecule has 0 bridgehead atoms. The summed E-state index contributed by atoms with van der Waals surface area (Å²) >= 11 is 5.21. The summed E-state index contributed by atoms with van der Waals surface area (Å²) in [6.45, 7) is -0.150. The molecule has 0 atom stereocenters. The van der Waals surface area contributed by atoms with Crippen LogP contribution in [0.3, 0.4) is 0 Å². The fourth-order valence-corrected chi connectivity index (χ4v) is 2.40. The number of nitrogens with one attached hydrogen (secondary N) is 1. The Balaban J connectivity index is 2.60. The molecule has 0 radical (unpaired) electrons. The van der Waals surface area contributed by atoms with Crippen molar-refractivity contribution in [3.63, 3.8) is 0 Å². The normalized spacial score (nSPS) is 21.8. The van der Waals surface area contributed by atoms with Crippen LogP contribution in [-0.2, 0) is 10.0 Å². The largest absolute Gasteiger partial charge is 0.394 e. The van der Waals surface area contributed by atoms with E-state index in [1.165, 1.54) is 0 Å². The van der Waals surface area contributed by atoms with Crippen LogP contribution in [0.1, 0.15) is 19.3 Å². The number of alkyl halides is 1. The molecule has 0 spiro atoms. The molecule has 0 aliphatic heterocycles. The van der Waals surface area contributed by atoms with E-state index in [-0.39, 0.29) is 6.61 Å². The molecule has 0 aromatic heterocycles. The van der Waals surface area contributed by atoms with Crippen LogP contribution in [0.4, 0.5) is 0 Å². The topological polar surface area (TPSA) is 66.4 Å². The lowest BCUT2D eigenvalue weighted by Crippen LogP contribution is -2.56. The van der Waals surface area contributed by atoms with E-state index in [1.54, 1.807) is 0 Å². The van der Waals surface area contributed by atoms with Gasteiger partial charge in [-0.2, -0.15) is 0 Å². The second kappa shape index (κ2) is 3.49. The lowest BCUT2D eigenvalue weighted by atomic mass is 9.78. The molecule has 0 amide bonds. The highest BCUT2D eigenvalue weighted by molar-refractivity contribution is 7.90. The maximum absolute atomic E-state index is 11.0. The molecular weight excluding hydrogens is 202 g/mol. The Bertz CT molecular complexity index is 242. The van der Waals surface area contributed by atoms with Gasteiger partial charge in [0.1, 0.15) is 5.21 Å². The van der Waals surface area contributed by atoms with E-state index in [4.69, 9.17) is 16.7 Å². The van der Waals surface area contributed by atoms with Crippen LogP contribution in [0.15, 0.2) is 0 Å². The van der Waals surface area contributed by atoms with Gasteiger partial charge < -0.3 is 5.11 Å². The van der Waals surface area contributed by atoms with Gasteiger partial charge in [0.05, 0.1) is 12.1 Å². The van der Waals surface area contributed by atoms with Crippen molar-refractivity contribution in [3.05, 3.63) is 0 Å². The molecule has 4 nitrogen and oxygen atoms in total. The number of sulfonamides is 1. The average Bonchev–Trinajstić information content (AvgIpc) is 1.97. The smallest absolute Gasteiger partial charge is 0.226 e. The molecular formula is C6H12ClNO3S. The molecule has 2 N–H and O–H groups in total. The molecule has 1 rings (SSSR count). The third-order valence-electron chi connectivity index (χ3n) is 2.13. The number of aliphatic hydroxyl groups is 1. The predicted octanol–water partition coefficient (Wildman–Crippen LogP) is 0.0171. The molecule has 72 valence electrons. The third kappa shape index (κ3) is 2.10. The van der Waals surface area contributed by atoms with Crippen molar-refractivity contribution in [1.29, 1.82) is 0 Å². The van der Waals surface area contributed by atoms with Crippen LogP contribution in [0.25, 0.3) is 0 Å². The summed E-state index contributed by atoms with van der Waals surface area (Å²) in [5, 5.41) is 8.48. The third-order valence-corrected chi connectivity index (χ3v) is 4.02. The highest BCUT2D eigenvalue weighted by Gasteiger charge is 2.39. The van der Waals surface area contributed by atoms with Crippen molar-refractivity contribution in [2.45, 2.75) is 24.8 Å². The van der Waals surface area contributed by atoms with E-state index in [2.05, 4.69) is 4.72 Å².